The maximum atomic E-state index is 5.45. The summed E-state index contributed by atoms with van der Waals surface area (Å²) in [6.45, 7) is 9.69. The average Bonchev–Trinajstić information content (AvgIpc) is 1.91. The molecule has 0 fully saturated rings. The van der Waals surface area contributed by atoms with Gasteiger partial charge in [0.05, 0.1) is 0 Å². The Morgan fingerprint density at radius 3 is 2.00 bits per heavy atom. The highest BCUT2D eigenvalue weighted by Crippen LogP contribution is 2.00. The van der Waals surface area contributed by atoms with Crippen molar-refractivity contribution in [2.24, 2.45) is 5.73 Å². The van der Waals surface area contributed by atoms with Gasteiger partial charge in [-0.2, -0.15) is 0 Å². The zero-order chi connectivity index (χ0) is 7.98. The summed E-state index contributed by atoms with van der Waals surface area (Å²) in [7, 11) is 0. The van der Waals surface area contributed by atoms with Crippen molar-refractivity contribution in [1.29, 1.82) is 0 Å². The van der Waals surface area contributed by atoms with E-state index in [0.717, 1.165) is 26.1 Å². The van der Waals surface area contributed by atoms with Gasteiger partial charge in [-0.1, -0.05) is 13.8 Å². The lowest BCUT2D eigenvalue weighted by Crippen LogP contribution is -2.34. The Morgan fingerprint density at radius 1 is 1.27 bits per heavy atom. The van der Waals surface area contributed by atoms with Gasteiger partial charge in [-0.15, -0.1) is 0 Å². The lowest BCUT2D eigenvalue weighted by Gasteiger charge is -2.25. The Morgan fingerprint density at radius 2 is 1.73 bits per heavy atom. The minimum absolute atomic E-state index is 0. The third-order valence-electron chi connectivity index (χ3n) is 2.02. The molecule has 11 heavy (non-hydrogen) atoms. The summed E-state index contributed by atoms with van der Waals surface area (Å²) in [6, 6.07) is 0.653. The van der Waals surface area contributed by atoms with Crippen LogP contribution in [0.25, 0.3) is 0 Å². The van der Waals surface area contributed by atoms with Crippen LogP contribution >= 0.6 is 0 Å². The SMILES string of the molecule is CCN(CC)C(C)CCN.O. The molecule has 0 rings (SSSR count). The van der Waals surface area contributed by atoms with Gasteiger partial charge in [0.15, 0.2) is 0 Å². The van der Waals surface area contributed by atoms with Gasteiger partial charge in [-0.05, 0) is 33.0 Å². The number of rotatable bonds is 5. The molecule has 3 nitrogen and oxygen atoms in total. The van der Waals surface area contributed by atoms with Crippen molar-refractivity contribution in [2.45, 2.75) is 33.2 Å². The van der Waals surface area contributed by atoms with Crippen LogP contribution in [-0.2, 0) is 0 Å². The highest BCUT2D eigenvalue weighted by molar-refractivity contribution is 4.63. The summed E-state index contributed by atoms with van der Waals surface area (Å²) in [5.41, 5.74) is 5.45. The third-order valence-corrected chi connectivity index (χ3v) is 2.02. The van der Waals surface area contributed by atoms with Gasteiger partial charge in [0.2, 0.25) is 0 Å². The molecule has 0 amide bonds. The van der Waals surface area contributed by atoms with Gasteiger partial charge >= 0.3 is 0 Å². The number of nitrogens with two attached hydrogens (primary N) is 1. The largest absolute Gasteiger partial charge is 0.412 e. The van der Waals surface area contributed by atoms with Crippen LogP contribution in [-0.4, -0.2) is 36.1 Å². The van der Waals surface area contributed by atoms with E-state index in [2.05, 4.69) is 25.7 Å². The van der Waals surface area contributed by atoms with Crippen LogP contribution in [0.1, 0.15) is 27.2 Å². The van der Waals surface area contributed by atoms with Crippen molar-refractivity contribution < 1.29 is 5.48 Å². The second kappa shape index (κ2) is 7.98. The van der Waals surface area contributed by atoms with E-state index in [1.807, 2.05) is 0 Å². The Balaban J connectivity index is 0. The van der Waals surface area contributed by atoms with Crippen LogP contribution in [0.4, 0.5) is 0 Å². The summed E-state index contributed by atoms with van der Waals surface area (Å²) in [5, 5.41) is 0. The second-order valence-corrected chi connectivity index (χ2v) is 2.65. The van der Waals surface area contributed by atoms with Crippen LogP contribution in [0.15, 0.2) is 0 Å². The van der Waals surface area contributed by atoms with E-state index >= 15 is 0 Å². The predicted molar refractivity (Wildman–Crippen MR) is 49.7 cm³/mol. The Bertz CT molecular complexity index is 74.5. The van der Waals surface area contributed by atoms with Crippen molar-refractivity contribution in [3.63, 3.8) is 0 Å². The fourth-order valence-electron chi connectivity index (χ4n) is 1.27. The standard InChI is InChI=1S/C8H20N2.H2O/c1-4-10(5-2)8(3)6-7-9;/h8H,4-7,9H2,1-3H3;1H2. The van der Waals surface area contributed by atoms with Crippen LogP contribution < -0.4 is 5.73 Å². The Labute approximate surface area is 69.9 Å². The van der Waals surface area contributed by atoms with Crippen molar-refractivity contribution in [1.82, 2.24) is 4.90 Å². The molecule has 3 heteroatoms. The number of hydrogen-bond acceptors (Lipinski definition) is 2. The van der Waals surface area contributed by atoms with Gasteiger partial charge in [-0.3, -0.25) is 0 Å². The lowest BCUT2D eigenvalue weighted by molar-refractivity contribution is 0.223. The van der Waals surface area contributed by atoms with Crippen molar-refractivity contribution >= 4 is 0 Å². The zero-order valence-corrected chi connectivity index (χ0v) is 7.93. The lowest BCUT2D eigenvalue weighted by atomic mass is 10.2. The maximum Gasteiger partial charge on any atom is 0.00786 e. The summed E-state index contributed by atoms with van der Waals surface area (Å²) >= 11 is 0. The molecule has 0 saturated heterocycles. The molecule has 0 radical (unpaired) electrons. The van der Waals surface area contributed by atoms with Crippen LogP contribution in [0.5, 0.6) is 0 Å². The van der Waals surface area contributed by atoms with Crippen molar-refractivity contribution in [2.75, 3.05) is 19.6 Å². The number of hydrogen-bond donors (Lipinski definition) is 1. The highest BCUT2D eigenvalue weighted by atomic mass is 16.0. The molecular formula is C8H22N2O. The van der Waals surface area contributed by atoms with E-state index in [1.165, 1.54) is 0 Å². The molecule has 70 valence electrons. The molecule has 0 aliphatic rings. The minimum atomic E-state index is 0. The smallest absolute Gasteiger partial charge is 0.00786 e. The molecule has 0 aromatic carbocycles. The zero-order valence-electron chi connectivity index (χ0n) is 7.93. The van der Waals surface area contributed by atoms with Crippen molar-refractivity contribution in [3.8, 4) is 0 Å². The van der Waals surface area contributed by atoms with Crippen LogP contribution in [0.2, 0.25) is 0 Å². The third kappa shape index (κ3) is 5.18. The van der Waals surface area contributed by atoms with Gasteiger partial charge < -0.3 is 16.1 Å². The van der Waals surface area contributed by atoms with Crippen LogP contribution in [0.3, 0.4) is 0 Å². The van der Waals surface area contributed by atoms with Gasteiger partial charge in [-0.25, -0.2) is 0 Å². The van der Waals surface area contributed by atoms with E-state index < -0.39 is 0 Å². The molecule has 0 saturated carbocycles. The fraction of sp³-hybridized carbons (Fsp3) is 1.00. The average molecular weight is 162 g/mol. The first-order valence-corrected chi connectivity index (χ1v) is 4.20. The molecule has 0 aliphatic heterocycles. The molecule has 0 heterocycles. The maximum absolute atomic E-state index is 5.45. The van der Waals surface area contributed by atoms with Crippen molar-refractivity contribution in [3.05, 3.63) is 0 Å². The normalized spacial score (nSPS) is 12.8. The van der Waals surface area contributed by atoms with Gasteiger partial charge in [0.1, 0.15) is 0 Å². The van der Waals surface area contributed by atoms with Gasteiger partial charge in [0, 0.05) is 6.04 Å². The van der Waals surface area contributed by atoms with E-state index in [1.54, 1.807) is 0 Å². The molecular weight excluding hydrogens is 140 g/mol. The molecule has 0 aliphatic carbocycles. The quantitative estimate of drug-likeness (QED) is 0.629. The van der Waals surface area contributed by atoms with E-state index in [9.17, 15) is 0 Å². The molecule has 1 unspecified atom stereocenters. The number of nitrogens with zero attached hydrogens (tertiary/aromatic N) is 1. The first-order chi connectivity index (χ1) is 4.76. The second-order valence-electron chi connectivity index (χ2n) is 2.65. The summed E-state index contributed by atoms with van der Waals surface area (Å²) in [5.74, 6) is 0. The fourth-order valence-corrected chi connectivity index (χ4v) is 1.27. The molecule has 1 atom stereocenters. The first kappa shape index (κ1) is 13.5. The molecule has 0 aromatic rings. The predicted octanol–water partition coefficient (Wildman–Crippen LogP) is 0.241. The van der Waals surface area contributed by atoms with Gasteiger partial charge in [0.25, 0.3) is 0 Å². The molecule has 4 N–H and O–H groups in total. The van der Waals surface area contributed by atoms with E-state index in [4.69, 9.17) is 5.73 Å². The van der Waals surface area contributed by atoms with E-state index in [0.29, 0.717) is 6.04 Å². The highest BCUT2D eigenvalue weighted by Gasteiger charge is 2.07. The summed E-state index contributed by atoms with van der Waals surface area (Å²) in [4.78, 5) is 2.42. The molecule has 0 aromatic heterocycles. The molecule has 0 spiro atoms. The monoisotopic (exact) mass is 162 g/mol. The molecule has 0 bridgehead atoms. The summed E-state index contributed by atoms with van der Waals surface area (Å²) in [6.07, 6.45) is 1.11. The topological polar surface area (TPSA) is 60.8 Å². The Kier molecular flexibility index (Phi) is 9.77. The van der Waals surface area contributed by atoms with E-state index in [-0.39, 0.29) is 5.48 Å². The Hall–Kier alpha value is -0.120. The first-order valence-electron chi connectivity index (χ1n) is 4.20. The van der Waals surface area contributed by atoms with Crippen LogP contribution in [0, 0.1) is 0 Å². The minimum Gasteiger partial charge on any atom is -0.412 e. The summed E-state index contributed by atoms with van der Waals surface area (Å²) < 4.78 is 0.